The SMILES string of the molecule is Cl.c1nc(C2CCC2)sc1CN1CCC(N2CCNCC2)C1. The molecule has 3 fully saturated rings. The van der Waals surface area contributed by atoms with Crippen LogP contribution in [0.25, 0.3) is 0 Å². The maximum Gasteiger partial charge on any atom is 0.0959 e. The monoisotopic (exact) mass is 342 g/mol. The smallest absolute Gasteiger partial charge is 0.0959 e. The summed E-state index contributed by atoms with van der Waals surface area (Å²) in [5.74, 6) is 0.788. The number of hydrogen-bond acceptors (Lipinski definition) is 5. The Kier molecular flexibility index (Phi) is 5.74. The molecule has 6 heteroatoms. The molecule has 2 saturated heterocycles. The van der Waals surface area contributed by atoms with E-state index in [2.05, 4.69) is 26.3 Å². The molecule has 0 aromatic carbocycles. The lowest BCUT2D eigenvalue weighted by Crippen LogP contribution is -2.49. The van der Waals surface area contributed by atoms with Gasteiger partial charge in [-0.05, 0) is 19.3 Å². The molecule has 1 unspecified atom stereocenters. The first-order chi connectivity index (χ1) is 10.4. The lowest BCUT2D eigenvalue weighted by atomic mass is 9.86. The van der Waals surface area contributed by atoms with Crippen LogP contribution >= 0.6 is 23.7 Å². The first-order valence-electron chi connectivity index (χ1n) is 8.50. The Morgan fingerprint density at radius 3 is 2.73 bits per heavy atom. The number of nitrogens with zero attached hydrogens (tertiary/aromatic N) is 3. The first kappa shape index (κ1) is 16.7. The van der Waals surface area contributed by atoms with Gasteiger partial charge in [0.25, 0.3) is 0 Å². The molecule has 1 atom stereocenters. The molecule has 0 spiro atoms. The zero-order valence-electron chi connectivity index (χ0n) is 13.2. The highest BCUT2D eigenvalue weighted by Gasteiger charge is 2.29. The highest BCUT2D eigenvalue weighted by atomic mass is 35.5. The summed E-state index contributed by atoms with van der Waals surface area (Å²) in [5.41, 5.74) is 0. The van der Waals surface area contributed by atoms with E-state index in [4.69, 9.17) is 0 Å². The van der Waals surface area contributed by atoms with Crippen molar-refractivity contribution in [2.45, 2.75) is 44.2 Å². The van der Waals surface area contributed by atoms with E-state index in [1.165, 1.54) is 61.7 Å². The Balaban J connectivity index is 0.00000144. The lowest BCUT2D eigenvalue weighted by molar-refractivity contribution is 0.170. The van der Waals surface area contributed by atoms with Crippen molar-refractivity contribution in [3.63, 3.8) is 0 Å². The Hall–Kier alpha value is -0.200. The summed E-state index contributed by atoms with van der Waals surface area (Å²) >= 11 is 1.96. The molecular formula is C16H27ClN4S. The fourth-order valence-corrected chi connectivity index (χ4v) is 4.89. The van der Waals surface area contributed by atoms with Crippen molar-refractivity contribution in [2.24, 2.45) is 0 Å². The predicted octanol–water partition coefficient (Wildman–Crippen LogP) is 2.31. The molecule has 1 aromatic heterocycles. The maximum absolute atomic E-state index is 4.66. The largest absolute Gasteiger partial charge is 0.314 e. The molecule has 3 heterocycles. The molecule has 1 aromatic rings. The third-order valence-electron chi connectivity index (χ3n) is 5.32. The number of thiazole rings is 1. The average Bonchev–Trinajstić information content (AvgIpc) is 3.09. The fourth-order valence-electron chi connectivity index (χ4n) is 3.76. The number of aromatic nitrogens is 1. The molecule has 124 valence electrons. The van der Waals surface area contributed by atoms with E-state index in [-0.39, 0.29) is 12.4 Å². The molecule has 1 N–H and O–H groups in total. The summed E-state index contributed by atoms with van der Waals surface area (Å²) in [6, 6.07) is 0.783. The summed E-state index contributed by atoms with van der Waals surface area (Å²) < 4.78 is 0. The summed E-state index contributed by atoms with van der Waals surface area (Å²) in [4.78, 5) is 11.4. The Bertz CT molecular complexity index is 470. The minimum Gasteiger partial charge on any atom is -0.314 e. The molecule has 22 heavy (non-hydrogen) atoms. The average molecular weight is 343 g/mol. The van der Waals surface area contributed by atoms with Crippen molar-refractivity contribution in [1.82, 2.24) is 20.1 Å². The van der Waals surface area contributed by atoms with Gasteiger partial charge >= 0.3 is 0 Å². The van der Waals surface area contributed by atoms with Crippen LogP contribution in [0.4, 0.5) is 0 Å². The minimum absolute atomic E-state index is 0. The highest BCUT2D eigenvalue weighted by Crippen LogP contribution is 2.38. The number of hydrogen-bond donors (Lipinski definition) is 1. The maximum atomic E-state index is 4.66. The minimum atomic E-state index is 0. The van der Waals surface area contributed by atoms with Gasteiger partial charge in [0.2, 0.25) is 0 Å². The molecule has 3 aliphatic rings. The summed E-state index contributed by atoms with van der Waals surface area (Å²) in [5, 5.41) is 4.85. The number of likely N-dealkylation sites (tertiary alicyclic amines) is 1. The van der Waals surface area contributed by atoms with E-state index < -0.39 is 0 Å². The van der Waals surface area contributed by atoms with Crippen molar-refractivity contribution >= 4 is 23.7 Å². The summed E-state index contributed by atoms with van der Waals surface area (Å²) in [7, 11) is 0. The Labute approximate surface area is 143 Å². The van der Waals surface area contributed by atoms with Crippen LogP contribution in [0.2, 0.25) is 0 Å². The van der Waals surface area contributed by atoms with Gasteiger partial charge in [-0.3, -0.25) is 9.80 Å². The Morgan fingerprint density at radius 1 is 1.18 bits per heavy atom. The van der Waals surface area contributed by atoms with Crippen molar-refractivity contribution in [1.29, 1.82) is 0 Å². The first-order valence-corrected chi connectivity index (χ1v) is 9.32. The molecule has 0 radical (unpaired) electrons. The summed E-state index contributed by atoms with van der Waals surface area (Å²) in [6.45, 7) is 8.40. The zero-order valence-corrected chi connectivity index (χ0v) is 14.8. The second kappa shape index (κ2) is 7.58. The van der Waals surface area contributed by atoms with Gasteiger partial charge in [-0.15, -0.1) is 23.7 Å². The molecule has 0 amide bonds. The van der Waals surface area contributed by atoms with Crippen LogP contribution in [0.3, 0.4) is 0 Å². The predicted molar refractivity (Wildman–Crippen MR) is 94.1 cm³/mol. The Morgan fingerprint density at radius 2 is 2.00 bits per heavy atom. The number of piperazine rings is 1. The van der Waals surface area contributed by atoms with E-state index in [0.29, 0.717) is 0 Å². The van der Waals surface area contributed by atoms with Crippen molar-refractivity contribution in [3.8, 4) is 0 Å². The van der Waals surface area contributed by atoms with Gasteiger partial charge in [0.15, 0.2) is 0 Å². The van der Waals surface area contributed by atoms with Crippen LogP contribution in [-0.4, -0.2) is 60.1 Å². The standard InChI is InChI=1S/C16H26N4S.ClH/c1-2-13(3-1)16-18-10-15(21-16)12-19-7-4-14(11-19)20-8-5-17-6-9-20;/h10,13-14,17H,1-9,11-12H2;1H. The van der Waals surface area contributed by atoms with Crippen LogP contribution in [-0.2, 0) is 6.54 Å². The molecule has 4 rings (SSSR count). The van der Waals surface area contributed by atoms with E-state index in [1.54, 1.807) is 0 Å². The fraction of sp³-hybridized carbons (Fsp3) is 0.812. The van der Waals surface area contributed by atoms with E-state index in [1.807, 2.05) is 11.3 Å². The van der Waals surface area contributed by atoms with Crippen LogP contribution in [0.15, 0.2) is 6.20 Å². The quantitative estimate of drug-likeness (QED) is 0.910. The molecule has 0 bridgehead atoms. The van der Waals surface area contributed by atoms with Crippen molar-refractivity contribution < 1.29 is 0 Å². The topological polar surface area (TPSA) is 31.4 Å². The van der Waals surface area contributed by atoms with Gasteiger partial charge in [-0.25, -0.2) is 4.98 Å². The van der Waals surface area contributed by atoms with Crippen LogP contribution in [0.5, 0.6) is 0 Å². The molecule has 1 aliphatic carbocycles. The zero-order chi connectivity index (χ0) is 14.1. The second-order valence-electron chi connectivity index (χ2n) is 6.76. The van der Waals surface area contributed by atoms with Crippen molar-refractivity contribution in [3.05, 3.63) is 16.1 Å². The van der Waals surface area contributed by atoms with E-state index >= 15 is 0 Å². The normalized spacial score (nSPS) is 27.5. The lowest BCUT2D eigenvalue weighted by Gasteiger charge is -2.32. The van der Waals surface area contributed by atoms with Crippen molar-refractivity contribution in [2.75, 3.05) is 39.3 Å². The van der Waals surface area contributed by atoms with Gasteiger partial charge in [0, 0.05) is 68.8 Å². The number of nitrogens with one attached hydrogen (secondary N) is 1. The third-order valence-corrected chi connectivity index (χ3v) is 6.47. The van der Waals surface area contributed by atoms with E-state index in [9.17, 15) is 0 Å². The van der Waals surface area contributed by atoms with Gasteiger partial charge in [-0.2, -0.15) is 0 Å². The molecule has 1 saturated carbocycles. The molecule has 2 aliphatic heterocycles. The van der Waals surface area contributed by atoms with Gasteiger partial charge < -0.3 is 5.32 Å². The highest BCUT2D eigenvalue weighted by molar-refractivity contribution is 7.11. The number of halogens is 1. The molecule has 4 nitrogen and oxygen atoms in total. The number of rotatable bonds is 4. The van der Waals surface area contributed by atoms with Crippen LogP contribution in [0, 0.1) is 0 Å². The van der Waals surface area contributed by atoms with Gasteiger partial charge in [-0.1, -0.05) is 6.42 Å². The van der Waals surface area contributed by atoms with Gasteiger partial charge in [0.1, 0.15) is 0 Å². The van der Waals surface area contributed by atoms with Crippen LogP contribution < -0.4 is 5.32 Å². The second-order valence-corrected chi connectivity index (χ2v) is 7.90. The molecular weight excluding hydrogens is 316 g/mol. The summed E-state index contributed by atoms with van der Waals surface area (Å²) in [6.07, 6.45) is 7.60. The van der Waals surface area contributed by atoms with Crippen LogP contribution in [0.1, 0.15) is 41.5 Å². The van der Waals surface area contributed by atoms with E-state index in [0.717, 1.165) is 31.6 Å². The third kappa shape index (κ3) is 3.65. The van der Waals surface area contributed by atoms with Gasteiger partial charge in [0.05, 0.1) is 5.01 Å².